The van der Waals surface area contributed by atoms with Crippen LogP contribution in [-0.2, 0) is 13.0 Å². The van der Waals surface area contributed by atoms with Crippen LogP contribution in [0.3, 0.4) is 0 Å². The first-order valence-electron chi connectivity index (χ1n) is 14.3. The Kier molecular flexibility index (Phi) is 6.21. The number of H-pyrrole nitrogens is 1. The van der Waals surface area contributed by atoms with Gasteiger partial charge in [0.25, 0.3) is 0 Å². The molecular formula is C30H36N8O. The number of hydrogen-bond donors (Lipinski definition) is 3. The van der Waals surface area contributed by atoms with Crippen LogP contribution in [0.25, 0.3) is 0 Å². The highest BCUT2D eigenvalue weighted by Gasteiger charge is 2.45. The van der Waals surface area contributed by atoms with Gasteiger partial charge < -0.3 is 20.1 Å². The van der Waals surface area contributed by atoms with E-state index >= 15 is 0 Å². The number of aromatic nitrogens is 5. The summed E-state index contributed by atoms with van der Waals surface area (Å²) in [5, 5.41) is 18.6. The zero-order chi connectivity index (χ0) is 26.3. The fourth-order valence-corrected chi connectivity index (χ4v) is 6.22. The summed E-state index contributed by atoms with van der Waals surface area (Å²) in [6.07, 6.45) is 6.06. The van der Waals surface area contributed by atoms with E-state index in [0.717, 1.165) is 47.8 Å². The zero-order valence-corrected chi connectivity index (χ0v) is 22.6. The van der Waals surface area contributed by atoms with Gasteiger partial charge in [0.15, 0.2) is 11.6 Å². The van der Waals surface area contributed by atoms with Crippen LogP contribution in [0.4, 0.5) is 23.4 Å². The summed E-state index contributed by atoms with van der Waals surface area (Å²) in [5.74, 6) is 6.18. The standard InChI is InChI=1S/C30H36N8O/c1-18(2)25-13-24(39-37-25)16-31-30-33-27(32-28-14-26(35-36-28)20-8-9-20)15-29(34-30)38-17-22-12-23(38)11-21(22)10-19-6-4-3-5-7-19/h3-7,13-15,18,20-23H,8-12,16-17H2,1-2H3,(H3,31,32,33,34,35,36)/t21?,22-,23+/m0/s1. The molecule has 1 saturated heterocycles. The van der Waals surface area contributed by atoms with Gasteiger partial charge in [-0.3, -0.25) is 5.10 Å². The van der Waals surface area contributed by atoms with Crippen LogP contribution in [0.2, 0.25) is 0 Å². The maximum Gasteiger partial charge on any atom is 0.227 e. The van der Waals surface area contributed by atoms with Gasteiger partial charge in [0.2, 0.25) is 5.95 Å². The first kappa shape index (κ1) is 24.2. The summed E-state index contributed by atoms with van der Waals surface area (Å²) < 4.78 is 5.53. The molecule has 39 heavy (non-hydrogen) atoms. The highest BCUT2D eigenvalue weighted by atomic mass is 16.5. The van der Waals surface area contributed by atoms with Gasteiger partial charge in [0.1, 0.15) is 11.6 Å². The Morgan fingerprint density at radius 2 is 1.92 bits per heavy atom. The first-order chi connectivity index (χ1) is 19.1. The van der Waals surface area contributed by atoms with Crippen molar-refractivity contribution in [2.45, 2.75) is 70.4 Å². The Bertz CT molecular complexity index is 1430. The molecule has 0 spiro atoms. The predicted molar refractivity (Wildman–Crippen MR) is 151 cm³/mol. The average Bonchev–Trinajstić information content (AvgIpc) is 3.30. The maximum atomic E-state index is 5.53. The van der Waals surface area contributed by atoms with Crippen LogP contribution >= 0.6 is 0 Å². The molecule has 9 nitrogen and oxygen atoms in total. The predicted octanol–water partition coefficient (Wildman–Crippen LogP) is 6.00. The lowest BCUT2D eigenvalue weighted by molar-refractivity contribution is 0.371. The summed E-state index contributed by atoms with van der Waals surface area (Å²) >= 11 is 0. The molecular weight excluding hydrogens is 488 g/mol. The van der Waals surface area contributed by atoms with Crippen molar-refractivity contribution < 1.29 is 4.52 Å². The molecule has 1 unspecified atom stereocenters. The Labute approximate surface area is 228 Å². The fourth-order valence-electron chi connectivity index (χ4n) is 6.22. The lowest BCUT2D eigenvalue weighted by Gasteiger charge is -2.32. The van der Waals surface area contributed by atoms with E-state index in [0.29, 0.717) is 36.3 Å². The topological polar surface area (TPSA) is 108 Å². The molecule has 2 aliphatic carbocycles. The first-order valence-corrected chi connectivity index (χ1v) is 14.3. The summed E-state index contributed by atoms with van der Waals surface area (Å²) in [7, 11) is 0. The van der Waals surface area contributed by atoms with Gasteiger partial charge in [-0.05, 0) is 55.4 Å². The van der Waals surface area contributed by atoms with Crippen molar-refractivity contribution >= 4 is 23.4 Å². The van der Waals surface area contributed by atoms with E-state index in [1.807, 2.05) is 6.07 Å². The molecule has 7 rings (SSSR count). The van der Waals surface area contributed by atoms with Crippen molar-refractivity contribution in [2.24, 2.45) is 11.8 Å². The highest BCUT2D eigenvalue weighted by Crippen LogP contribution is 2.45. The van der Waals surface area contributed by atoms with Gasteiger partial charge in [-0.15, -0.1) is 0 Å². The van der Waals surface area contributed by atoms with E-state index in [4.69, 9.17) is 14.5 Å². The Morgan fingerprint density at radius 1 is 1.05 bits per heavy atom. The summed E-state index contributed by atoms with van der Waals surface area (Å²) in [5.41, 5.74) is 3.59. The molecule has 3 aliphatic rings. The van der Waals surface area contributed by atoms with Crippen LogP contribution in [-0.4, -0.2) is 37.9 Å². The molecule has 4 heterocycles. The van der Waals surface area contributed by atoms with Gasteiger partial charge in [-0.2, -0.15) is 15.1 Å². The second kappa shape index (κ2) is 10.0. The third-order valence-corrected chi connectivity index (χ3v) is 8.50. The van der Waals surface area contributed by atoms with Gasteiger partial charge in [0, 0.05) is 42.4 Å². The van der Waals surface area contributed by atoms with E-state index in [1.165, 1.54) is 36.9 Å². The van der Waals surface area contributed by atoms with E-state index in [-0.39, 0.29) is 0 Å². The minimum absolute atomic E-state index is 0.323. The number of hydrogen-bond acceptors (Lipinski definition) is 8. The van der Waals surface area contributed by atoms with E-state index in [9.17, 15) is 0 Å². The summed E-state index contributed by atoms with van der Waals surface area (Å²) in [6, 6.07) is 17.6. The molecule has 0 amide bonds. The van der Waals surface area contributed by atoms with E-state index < -0.39 is 0 Å². The van der Waals surface area contributed by atoms with Gasteiger partial charge in [0.05, 0.1) is 12.2 Å². The maximum absolute atomic E-state index is 5.53. The van der Waals surface area contributed by atoms with Crippen molar-refractivity contribution in [3.8, 4) is 0 Å². The fraction of sp³-hybridized carbons (Fsp3) is 0.467. The number of benzene rings is 1. The lowest BCUT2D eigenvalue weighted by atomic mass is 9.88. The van der Waals surface area contributed by atoms with Crippen LogP contribution in [0.15, 0.2) is 53.1 Å². The second-order valence-corrected chi connectivity index (χ2v) is 11.8. The Hall–Kier alpha value is -3.88. The molecule has 1 aromatic carbocycles. The number of anilines is 4. The van der Waals surface area contributed by atoms with Crippen molar-refractivity contribution in [3.63, 3.8) is 0 Å². The normalized spacial score (nSPS) is 22.1. The minimum Gasteiger partial charge on any atom is -0.359 e. The average molecular weight is 525 g/mol. The molecule has 4 aromatic rings. The SMILES string of the molecule is CC(C)c1cc(CNc2nc(Nc3cc(C4CC4)[nH]n3)cc(N3C[C@@H]4C[C@H]3CC4Cc3ccccc3)n2)on1. The molecule has 3 aromatic heterocycles. The number of rotatable bonds is 10. The summed E-state index contributed by atoms with van der Waals surface area (Å²) in [4.78, 5) is 12.2. The molecule has 3 N–H and O–H groups in total. The van der Waals surface area contributed by atoms with Crippen molar-refractivity contribution in [1.82, 2.24) is 25.3 Å². The van der Waals surface area contributed by atoms with E-state index in [2.05, 4.69) is 87.2 Å². The zero-order valence-electron chi connectivity index (χ0n) is 22.6. The molecule has 3 atom stereocenters. The number of fused-ring (bicyclic) bond motifs is 2. The molecule has 1 aliphatic heterocycles. The lowest BCUT2D eigenvalue weighted by Crippen LogP contribution is -2.36. The number of nitrogens with one attached hydrogen (secondary N) is 3. The monoisotopic (exact) mass is 524 g/mol. The van der Waals surface area contributed by atoms with Crippen LogP contribution < -0.4 is 15.5 Å². The van der Waals surface area contributed by atoms with Crippen LogP contribution in [0, 0.1) is 11.8 Å². The van der Waals surface area contributed by atoms with Crippen molar-refractivity contribution in [3.05, 3.63) is 71.2 Å². The Balaban J connectivity index is 1.10. The minimum atomic E-state index is 0.323. The summed E-state index contributed by atoms with van der Waals surface area (Å²) in [6.45, 7) is 5.73. The molecule has 2 bridgehead atoms. The number of piperidine rings is 1. The molecule has 9 heteroatoms. The van der Waals surface area contributed by atoms with Gasteiger partial charge in [-0.25, -0.2) is 0 Å². The number of aromatic amines is 1. The quantitative estimate of drug-likeness (QED) is 0.232. The smallest absolute Gasteiger partial charge is 0.227 e. The van der Waals surface area contributed by atoms with E-state index in [1.54, 1.807) is 0 Å². The third-order valence-electron chi connectivity index (χ3n) is 8.50. The molecule has 202 valence electrons. The highest BCUT2D eigenvalue weighted by molar-refractivity contribution is 5.60. The van der Waals surface area contributed by atoms with Gasteiger partial charge in [-0.1, -0.05) is 49.3 Å². The second-order valence-electron chi connectivity index (χ2n) is 11.8. The molecule has 2 saturated carbocycles. The Morgan fingerprint density at radius 3 is 2.67 bits per heavy atom. The van der Waals surface area contributed by atoms with Crippen LogP contribution in [0.1, 0.15) is 74.1 Å². The number of nitrogens with zero attached hydrogens (tertiary/aromatic N) is 5. The van der Waals surface area contributed by atoms with Crippen LogP contribution in [0.5, 0.6) is 0 Å². The third kappa shape index (κ3) is 5.22. The largest absolute Gasteiger partial charge is 0.359 e. The van der Waals surface area contributed by atoms with Crippen molar-refractivity contribution in [1.29, 1.82) is 0 Å². The molecule has 0 radical (unpaired) electrons. The van der Waals surface area contributed by atoms with Crippen molar-refractivity contribution in [2.75, 3.05) is 22.1 Å². The molecule has 3 fully saturated rings. The van der Waals surface area contributed by atoms with Gasteiger partial charge >= 0.3 is 0 Å².